The van der Waals surface area contributed by atoms with Crippen LogP contribution in [-0.2, 0) is 11.2 Å². The number of hydrogen-bond acceptors (Lipinski definition) is 3. The zero-order valence-corrected chi connectivity index (χ0v) is 15.2. The van der Waals surface area contributed by atoms with Gasteiger partial charge < -0.3 is 9.47 Å². The number of carbonyl (C=O) groups excluding carboxylic acids is 1. The molecule has 0 N–H and O–H groups in total. The molecule has 3 nitrogen and oxygen atoms in total. The van der Waals surface area contributed by atoms with Crippen LogP contribution in [0.25, 0.3) is 6.08 Å². The lowest BCUT2D eigenvalue weighted by atomic mass is 9.96. The summed E-state index contributed by atoms with van der Waals surface area (Å²) in [4.78, 5) is 12.2. The summed E-state index contributed by atoms with van der Waals surface area (Å²) in [7, 11) is 3.21. The minimum Gasteiger partial charge on any atom is -0.493 e. The molecule has 2 aromatic carbocycles. The van der Waals surface area contributed by atoms with Crippen molar-refractivity contribution in [2.75, 3.05) is 14.2 Å². The molecule has 132 valence electrons. The van der Waals surface area contributed by atoms with Crippen LogP contribution in [0.5, 0.6) is 11.5 Å². The van der Waals surface area contributed by atoms with Gasteiger partial charge in [-0.15, -0.1) is 0 Å². The van der Waals surface area contributed by atoms with Gasteiger partial charge in [0.05, 0.1) is 14.2 Å². The Morgan fingerprint density at radius 1 is 1.04 bits per heavy atom. The normalized spacial score (nSPS) is 12.1. The molecule has 2 rings (SSSR count). The third-order valence-corrected chi connectivity index (χ3v) is 4.19. The molecule has 2 aromatic rings. The molecule has 0 fully saturated rings. The fourth-order valence-electron chi connectivity index (χ4n) is 2.72. The Bertz CT molecular complexity index is 704. The van der Waals surface area contributed by atoms with Crippen molar-refractivity contribution in [2.24, 2.45) is 5.92 Å². The summed E-state index contributed by atoms with van der Waals surface area (Å²) in [6.07, 6.45) is 6.07. The van der Waals surface area contributed by atoms with E-state index < -0.39 is 0 Å². The van der Waals surface area contributed by atoms with Crippen LogP contribution in [0.3, 0.4) is 0 Å². The number of allylic oxidation sites excluding steroid dienone is 1. The highest BCUT2D eigenvalue weighted by Gasteiger charge is 2.08. The van der Waals surface area contributed by atoms with Gasteiger partial charge in [-0.1, -0.05) is 49.4 Å². The predicted octanol–water partition coefficient (Wildman–Crippen LogP) is 4.95. The van der Waals surface area contributed by atoms with Gasteiger partial charge in [-0.3, -0.25) is 4.79 Å². The van der Waals surface area contributed by atoms with Gasteiger partial charge in [0.2, 0.25) is 0 Å². The Kier molecular flexibility index (Phi) is 7.27. The highest BCUT2D eigenvalue weighted by Crippen LogP contribution is 2.28. The van der Waals surface area contributed by atoms with Crippen molar-refractivity contribution in [1.29, 1.82) is 0 Å². The summed E-state index contributed by atoms with van der Waals surface area (Å²) in [5.41, 5.74) is 2.24. The molecule has 0 saturated heterocycles. The van der Waals surface area contributed by atoms with E-state index in [1.54, 1.807) is 20.3 Å². The molecule has 0 aromatic heterocycles. The number of methoxy groups -OCH3 is 2. The topological polar surface area (TPSA) is 35.5 Å². The van der Waals surface area contributed by atoms with Crippen molar-refractivity contribution >= 4 is 11.9 Å². The lowest BCUT2D eigenvalue weighted by Crippen LogP contribution is -2.04. The standard InChI is InChI=1S/C22H26O3/c1-17(9-10-18-7-5-4-6-8-18)15-20(23)13-11-19-12-14-21(24-2)22(16-19)25-3/h4-8,11-14,16-17H,9-10,15H2,1-3H3/b13-11+. The highest BCUT2D eigenvalue weighted by molar-refractivity contribution is 5.93. The van der Waals surface area contributed by atoms with E-state index in [2.05, 4.69) is 31.2 Å². The molecule has 0 aliphatic heterocycles. The van der Waals surface area contributed by atoms with Gasteiger partial charge in [0.1, 0.15) is 0 Å². The van der Waals surface area contributed by atoms with Crippen LogP contribution in [0.15, 0.2) is 54.6 Å². The van der Waals surface area contributed by atoms with Gasteiger partial charge in [-0.05, 0) is 48.1 Å². The molecular weight excluding hydrogens is 312 g/mol. The van der Waals surface area contributed by atoms with Gasteiger partial charge in [-0.2, -0.15) is 0 Å². The lowest BCUT2D eigenvalue weighted by Gasteiger charge is -2.09. The third-order valence-electron chi connectivity index (χ3n) is 4.19. The number of rotatable bonds is 9. The minimum absolute atomic E-state index is 0.148. The third kappa shape index (κ3) is 6.11. The van der Waals surface area contributed by atoms with E-state index in [1.165, 1.54) is 5.56 Å². The van der Waals surface area contributed by atoms with Crippen LogP contribution in [-0.4, -0.2) is 20.0 Å². The molecule has 0 aliphatic carbocycles. The van der Waals surface area contributed by atoms with E-state index in [0.717, 1.165) is 18.4 Å². The number of ketones is 1. The second kappa shape index (κ2) is 9.67. The minimum atomic E-state index is 0.148. The first-order valence-corrected chi connectivity index (χ1v) is 8.59. The largest absolute Gasteiger partial charge is 0.493 e. The van der Waals surface area contributed by atoms with Crippen LogP contribution in [0.1, 0.15) is 30.9 Å². The van der Waals surface area contributed by atoms with Gasteiger partial charge in [0.15, 0.2) is 17.3 Å². The summed E-state index contributed by atoms with van der Waals surface area (Å²) in [6, 6.07) is 16.0. The fraction of sp³-hybridized carbons (Fsp3) is 0.318. The van der Waals surface area contributed by atoms with Crippen molar-refractivity contribution < 1.29 is 14.3 Å². The zero-order chi connectivity index (χ0) is 18.1. The number of hydrogen-bond donors (Lipinski definition) is 0. The van der Waals surface area contributed by atoms with Crippen LogP contribution < -0.4 is 9.47 Å². The molecule has 0 heterocycles. The average molecular weight is 338 g/mol. The first kappa shape index (κ1) is 18.8. The maximum absolute atomic E-state index is 12.2. The van der Waals surface area contributed by atoms with Crippen LogP contribution >= 0.6 is 0 Å². The van der Waals surface area contributed by atoms with Crippen LogP contribution in [0, 0.1) is 5.92 Å². The van der Waals surface area contributed by atoms with Crippen LogP contribution in [0.4, 0.5) is 0 Å². The number of carbonyl (C=O) groups is 1. The SMILES string of the molecule is COc1ccc(/C=C/C(=O)CC(C)CCc2ccccc2)cc1OC. The average Bonchev–Trinajstić information content (AvgIpc) is 2.65. The van der Waals surface area contributed by atoms with Crippen molar-refractivity contribution in [1.82, 2.24) is 0 Å². The van der Waals surface area contributed by atoms with E-state index in [-0.39, 0.29) is 5.78 Å². The molecule has 0 spiro atoms. The smallest absolute Gasteiger partial charge is 0.161 e. The number of benzene rings is 2. The Morgan fingerprint density at radius 3 is 2.44 bits per heavy atom. The summed E-state index contributed by atoms with van der Waals surface area (Å²) in [5, 5.41) is 0. The van der Waals surface area contributed by atoms with Crippen molar-refractivity contribution in [2.45, 2.75) is 26.2 Å². The summed E-state index contributed by atoms with van der Waals surface area (Å²) < 4.78 is 10.5. The van der Waals surface area contributed by atoms with E-state index in [1.807, 2.05) is 30.3 Å². The number of aryl methyl sites for hydroxylation is 1. The highest BCUT2D eigenvalue weighted by atomic mass is 16.5. The molecule has 1 atom stereocenters. The molecule has 3 heteroatoms. The summed E-state index contributed by atoms with van der Waals surface area (Å²) in [6.45, 7) is 2.13. The second-order valence-electron chi connectivity index (χ2n) is 6.25. The fourth-order valence-corrected chi connectivity index (χ4v) is 2.72. The van der Waals surface area contributed by atoms with E-state index in [0.29, 0.717) is 23.8 Å². The Balaban J connectivity index is 1.85. The van der Waals surface area contributed by atoms with Crippen molar-refractivity contribution in [3.8, 4) is 11.5 Å². The molecule has 25 heavy (non-hydrogen) atoms. The Labute approximate surface area is 150 Å². The summed E-state index contributed by atoms with van der Waals surface area (Å²) in [5.74, 6) is 1.85. The predicted molar refractivity (Wildman–Crippen MR) is 102 cm³/mol. The van der Waals surface area contributed by atoms with Crippen molar-refractivity contribution in [3.05, 3.63) is 65.7 Å². The monoisotopic (exact) mass is 338 g/mol. The quantitative estimate of drug-likeness (QED) is 0.607. The van der Waals surface area contributed by atoms with Gasteiger partial charge >= 0.3 is 0 Å². The van der Waals surface area contributed by atoms with Gasteiger partial charge in [0, 0.05) is 6.42 Å². The maximum atomic E-state index is 12.2. The first-order valence-electron chi connectivity index (χ1n) is 8.59. The van der Waals surface area contributed by atoms with Crippen LogP contribution in [0.2, 0.25) is 0 Å². The molecule has 0 aliphatic rings. The Hall–Kier alpha value is -2.55. The second-order valence-corrected chi connectivity index (χ2v) is 6.25. The lowest BCUT2D eigenvalue weighted by molar-refractivity contribution is -0.115. The number of ether oxygens (including phenoxy) is 2. The van der Waals surface area contributed by atoms with E-state index >= 15 is 0 Å². The van der Waals surface area contributed by atoms with E-state index in [4.69, 9.17) is 9.47 Å². The van der Waals surface area contributed by atoms with Crippen molar-refractivity contribution in [3.63, 3.8) is 0 Å². The summed E-state index contributed by atoms with van der Waals surface area (Å²) >= 11 is 0. The molecule has 0 radical (unpaired) electrons. The Morgan fingerprint density at radius 2 is 1.76 bits per heavy atom. The molecule has 0 saturated carbocycles. The maximum Gasteiger partial charge on any atom is 0.161 e. The molecule has 0 bridgehead atoms. The zero-order valence-electron chi connectivity index (χ0n) is 15.2. The van der Waals surface area contributed by atoms with E-state index in [9.17, 15) is 4.79 Å². The first-order chi connectivity index (χ1) is 12.1. The molecule has 0 amide bonds. The molecule has 1 unspecified atom stereocenters. The molecular formula is C22H26O3. The van der Waals surface area contributed by atoms with Gasteiger partial charge in [0.25, 0.3) is 0 Å². The van der Waals surface area contributed by atoms with Gasteiger partial charge in [-0.25, -0.2) is 0 Å².